The van der Waals surface area contributed by atoms with Crippen molar-refractivity contribution < 1.29 is 14.3 Å². The molecule has 2 rings (SSSR count). The van der Waals surface area contributed by atoms with E-state index in [0.29, 0.717) is 29.6 Å². The molecule has 0 atom stereocenters. The fraction of sp³-hybridized carbons (Fsp3) is 0.316. The molecule has 1 amide bonds. The van der Waals surface area contributed by atoms with Crippen LogP contribution in [0.4, 0.5) is 5.69 Å². The summed E-state index contributed by atoms with van der Waals surface area (Å²) in [6, 6.07) is 12.9. The molecule has 2 aromatic carbocycles. The second-order valence-electron chi connectivity index (χ2n) is 5.84. The van der Waals surface area contributed by atoms with Crippen molar-refractivity contribution in [3.8, 4) is 11.5 Å². The van der Waals surface area contributed by atoms with E-state index in [1.54, 1.807) is 25.3 Å². The van der Waals surface area contributed by atoms with Crippen molar-refractivity contribution in [2.45, 2.75) is 20.8 Å². The maximum absolute atomic E-state index is 12.4. The lowest BCUT2D eigenvalue weighted by molar-refractivity contribution is 0.102. The van der Waals surface area contributed by atoms with Crippen LogP contribution in [0.15, 0.2) is 42.5 Å². The summed E-state index contributed by atoms with van der Waals surface area (Å²) in [6.45, 7) is 6.72. The van der Waals surface area contributed by atoms with Crippen LogP contribution in [0.25, 0.3) is 0 Å². The van der Waals surface area contributed by atoms with Gasteiger partial charge >= 0.3 is 0 Å². The Balaban J connectivity index is 2.16. The van der Waals surface area contributed by atoms with Gasteiger partial charge in [-0.2, -0.15) is 0 Å². The normalized spacial score (nSPS) is 10.5. The Kier molecular flexibility index (Phi) is 5.63. The van der Waals surface area contributed by atoms with Crippen LogP contribution in [-0.2, 0) is 0 Å². The number of anilines is 1. The monoisotopic (exact) mass is 313 g/mol. The van der Waals surface area contributed by atoms with Crippen LogP contribution in [0.5, 0.6) is 11.5 Å². The molecule has 4 heteroatoms. The quantitative estimate of drug-likeness (QED) is 0.865. The molecule has 0 radical (unpaired) electrons. The minimum atomic E-state index is -0.173. The van der Waals surface area contributed by atoms with Gasteiger partial charge in [0.15, 0.2) is 11.5 Å². The molecular weight excluding hydrogens is 290 g/mol. The van der Waals surface area contributed by atoms with Gasteiger partial charge < -0.3 is 14.8 Å². The molecule has 0 saturated heterocycles. The molecule has 23 heavy (non-hydrogen) atoms. The molecular formula is C19H23NO3. The van der Waals surface area contributed by atoms with E-state index in [4.69, 9.17) is 9.47 Å². The fourth-order valence-electron chi connectivity index (χ4n) is 2.09. The summed E-state index contributed by atoms with van der Waals surface area (Å²) in [5, 5.41) is 2.91. The Morgan fingerprint density at radius 1 is 1.13 bits per heavy atom. The summed E-state index contributed by atoms with van der Waals surface area (Å²) in [5.74, 6) is 1.45. The second-order valence-corrected chi connectivity index (χ2v) is 5.84. The van der Waals surface area contributed by atoms with Crippen molar-refractivity contribution in [2.75, 3.05) is 19.0 Å². The minimum Gasteiger partial charge on any atom is -0.493 e. The highest BCUT2D eigenvalue weighted by Gasteiger charge is 2.12. The lowest BCUT2D eigenvalue weighted by Crippen LogP contribution is -2.13. The number of hydrogen-bond acceptors (Lipinski definition) is 3. The molecule has 0 aliphatic carbocycles. The first-order valence-electron chi connectivity index (χ1n) is 7.69. The van der Waals surface area contributed by atoms with E-state index in [2.05, 4.69) is 19.2 Å². The number of rotatable bonds is 6. The van der Waals surface area contributed by atoms with Gasteiger partial charge in [-0.15, -0.1) is 0 Å². The second kappa shape index (κ2) is 7.68. The van der Waals surface area contributed by atoms with E-state index in [9.17, 15) is 4.79 Å². The predicted octanol–water partition coefficient (Wildman–Crippen LogP) is 4.29. The lowest BCUT2D eigenvalue weighted by atomic mass is 10.1. The number of benzene rings is 2. The lowest BCUT2D eigenvalue weighted by Gasteiger charge is -2.14. The summed E-state index contributed by atoms with van der Waals surface area (Å²) in [7, 11) is 1.57. The molecule has 0 saturated carbocycles. The number of amides is 1. The summed E-state index contributed by atoms with van der Waals surface area (Å²) in [4.78, 5) is 12.4. The highest BCUT2D eigenvalue weighted by molar-refractivity contribution is 6.05. The van der Waals surface area contributed by atoms with Gasteiger partial charge in [-0.3, -0.25) is 4.79 Å². The van der Waals surface area contributed by atoms with Gasteiger partial charge in [0.05, 0.1) is 13.7 Å². The van der Waals surface area contributed by atoms with E-state index >= 15 is 0 Å². The van der Waals surface area contributed by atoms with Crippen molar-refractivity contribution in [3.05, 3.63) is 53.6 Å². The Hall–Kier alpha value is -2.49. The number of para-hydroxylation sites is 1. The van der Waals surface area contributed by atoms with Gasteiger partial charge in [-0.1, -0.05) is 32.0 Å². The highest BCUT2D eigenvalue weighted by atomic mass is 16.5. The topological polar surface area (TPSA) is 47.6 Å². The van der Waals surface area contributed by atoms with Crippen LogP contribution in [0.3, 0.4) is 0 Å². The third kappa shape index (κ3) is 4.49. The Morgan fingerprint density at radius 3 is 2.52 bits per heavy atom. The first kappa shape index (κ1) is 16.9. The molecule has 122 valence electrons. The molecule has 0 unspecified atom stereocenters. The first-order chi connectivity index (χ1) is 11.0. The number of nitrogens with one attached hydrogen (secondary N) is 1. The molecule has 4 nitrogen and oxygen atoms in total. The SMILES string of the molecule is COc1cc(C(=O)Nc2ccccc2C)ccc1OCC(C)C. The number of carbonyl (C=O) groups excluding carboxylic acids is 1. The Bertz CT molecular complexity index is 680. The van der Waals surface area contributed by atoms with Gasteiger partial charge in [0.2, 0.25) is 0 Å². The highest BCUT2D eigenvalue weighted by Crippen LogP contribution is 2.29. The summed E-state index contributed by atoms with van der Waals surface area (Å²) in [5.41, 5.74) is 2.35. The van der Waals surface area contributed by atoms with Crippen LogP contribution in [-0.4, -0.2) is 19.6 Å². The molecule has 0 bridgehead atoms. The van der Waals surface area contributed by atoms with Crippen molar-refractivity contribution in [2.24, 2.45) is 5.92 Å². The standard InChI is InChI=1S/C19H23NO3/c1-13(2)12-23-17-10-9-15(11-18(17)22-4)19(21)20-16-8-6-5-7-14(16)3/h5-11,13H,12H2,1-4H3,(H,20,21). The summed E-state index contributed by atoms with van der Waals surface area (Å²) >= 11 is 0. The smallest absolute Gasteiger partial charge is 0.255 e. The van der Waals surface area contributed by atoms with Crippen LogP contribution >= 0.6 is 0 Å². The van der Waals surface area contributed by atoms with Crippen LogP contribution in [0.2, 0.25) is 0 Å². The van der Waals surface area contributed by atoms with Crippen molar-refractivity contribution in [1.29, 1.82) is 0 Å². The minimum absolute atomic E-state index is 0.173. The molecule has 0 spiro atoms. The van der Waals surface area contributed by atoms with E-state index in [1.807, 2.05) is 31.2 Å². The van der Waals surface area contributed by atoms with E-state index in [0.717, 1.165) is 11.3 Å². The Labute approximate surface area is 137 Å². The number of aryl methyl sites for hydroxylation is 1. The third-order valence-corrected chi connectivity index (χ3v) is 3.39. The number of carbonyl (C=O) groups is 1. The van der Waals surface area contributed by atoms with E-state index in [-0.39, 0.29) is 5.91 Å². The average Bonchev–Trinajstić information content (AvgIpc) is 2.54. The molecule has 0 aliphatic heterocycles. The van der Waals surface area contributed by atoms with Crippen molar-refractivity contribution in [1.82, 2.24) is 0 Å². The summed E-state index contributed by atoms with van der Waals surface area (Å²) < 4.78 is 11.0. The number of ether oxygens (including phenoxy) is 2. The molecule has 2 aromatic rings. The zero-order valence-corrected chi connectivity index (χ0v) is 14.1. The predicted molar refractivity (Wildman–Crippen MR) is 92.5 cm³/mol. The number of methoxy groups -OCH3 is 1. The van der Waals surface area contributed by atoms with Gasteiger partial charge in [0, 0.05) is 11.3 Å². The molecule has 0 heterocycles. The zero-order valence-electron chi connectivity index (χ0n) is 14.1. The van der Waals surface area contributed by atoms with Crippen LogP contribution < -0.4 is 14.8 Å². The van der Waals surface area contributed by atoms with E-state index in [1.165, 1.54) is 0 Å². The van der Waals surface area contributed by atoms with Gasteiger partial charge in [-0.05, 0) is 42.7 Å². The maximum Gasteiger partial charge on any atom is 0.255 e. The first-order valence-corrected chi connectivity index (χ1v) is 7.69. The number of hydrogen-bond donors (Lipinski definition) is 1. The largest absolute Gasteiger partial charge is 0.493 e. The van der Waals surface area contributed by atoms with E-state index < -0.39 is 0 Å². The summed E-state index contributed by atoms with van der Waals surface area (Å²) in [6.07, 6.45) is 0. The van der Waals surface area contributed by atoms with Crippen LogP contribution in [0.1, 0.15) is 29.8 Å². The molecule has 0 fully saturated rings. The van der Waals surface area contributed by atoms with Crippen molar-refractivity contribution >= 4 is 11.6 Å². The van der Waals surface area contributed by atoms with Gasteiger partial charge in [0.25, 0.3) is 5.91 Å². The zero-order chi connectivity index (χ0) is 16.8. The third-order valence-electron chi connectivity index (χ3n) is 3.39. The van der Waals surface area contributed by atoms with Gasteiger partial charge in [0.1, 0.15) is 0 Å². The van der Waals surface area contributed by atoms with Crippen LogP contribution in [0, 0.1) is 12.8 Å². The molecule has 1 N–H and O–H groups in total. The van der Waals surface area contributed by atoms with Gasteiger partial charge in [-0.25, -0.2) is 0 Å². The van der Waals surface area contributed by atoms with Crippen molar-refractivity contribution in [3.63, 3.8) is 0 Å². The average molecular weight is 313 g/mol. The Morgan fingerprint density at radius 2 is 1.87 bits per heavy atom. The fourth-order valence-corrected chi connectivity index (χ4v) is 2.09. The molecule has 0 aliphatic rings. The molecule has 0 aromatic heterocycles. The maximum atomic E-state index is 12.4.